The van der Waals surface area contributed by atoms with Crippen molar-refractivity contribution in [3.05, 3.63) is 48.5 Å². The van der Waals surface area contributed by atoms with Gasteiger partial charge in [0.25, 0.3) is 5.91 Å². The molecule has 1 fully saturated rings. The quantitative estimate of drug-likeness (QED) is 0.721. The van der Waals surface area contributed by atoms with Crippen LogP contribution < -0.4 is 20.0 Å². The van der Waals surface area contributed by atoms with Gasteiger partial charge in [0.2, 0.25) is 5.91 Å². The number of hydrogen-bond acceptors (Lipinski definition) is 4. The highest BCUT2D eigenvalue weighted by Gasteiger charge is 2.32. The summed E-state index contributed by atoms with van der Waals surface area (Å²) in [4.78, 5) is 30.7. The standard InChI is InChI=1S/C22H26N4O3/c1-16-14-21(28)23-19-4-2-3-5-20(19)26(16)22(29)15-24-10-12-25(13-11-24)17-6-8-18(27)9-7-17/h2-9,16,27H,10-15H2,1H3,(H,23,28)/p+1/t16-/m1/s1. The first-order valence-corrected chi connectivity index (χ1v) is 10.1. The van der Waals surface area contributed by atoms with Crippen molar-refractivity contribution in [3.63, 3.8) is 0 Å². The first kappa shape index (κ1) is 19.3. The second kappa shape index (κ2) is 8.13. The topological polar surface area (TPSA) is 77.3 Å². The van der Waals surface area contributed by atoms with Gasteiger partial charge in [0.15, 0.2) is 6.54 Å². The molecule has 3 N–H and O–H groups in total. The predicted molar refractivity (Wildman–Crippen MR) is 113 cm³/mol. The van der Waals surface area contributed by atoms with Gasteiger partial charge in [-0.2, -0.15) is 0 Å². The summed E-state index contributed by atoms with van der Waals surface area (Å²) < 4.78 is 0. The molecule has 152 valence electrons. The summed E-state index contributed by atoms with van der Waals surface area (Å²) in [7, 11) is 0. The highest BCUT2D eigenvalue weighted by molar-refractivity contribution is 6.04. The van der Waals surface area contributed by atoms with Gasteiger partial charge in [0.1, 0.15) is 5.75 Å². The molecule has 0 bridgehead atoms. The SMILES string of the molecule is C[C@@H]1CC(=O)Nc2ccccc2N1C(=O)C[NH+]1CCN(c2ccc(O)cc2)CC1. The van der Waals surface area contributed by atoms with Gasteiger partial charge in [-0.15, -0.1) is 0 Å². The number of aromatic hydroxyl groups is 1. The van der Waals surface area contributed by atoms with Crippen LogP contribution in [-0.2, 0) is 9.59 Å². The number of amides is 2. The van der Waals surface area contributed by atoms with E-state index >= 15 is 0 Å². The van der Waals surface area contributed by atoms with Crippen LogP contribution in [0.3, 0.4) is 0 Å². The Morgan fingerprint density at radius 2 is 1.83 bits per heavy atom. The Balaban J connectivity index is 1.42. The number of nitrogens with one attached hydrogen (secondary N) is 2. The maximum Gasteiger partial charge on any atom is 0.282 e. The third-order valence-corrected chi connectivity index (χ3v) is 5.71. The van der Waals surface area contributed by atoms with E-state index in [1.54, 1.807) is 17.0 Å². The van der Waals surface area contributed by atoms with E-state index in [-0.39, 0.29) is 23.6 Å². The normalized spacial score (nSPS) is 20.0. The molecule has 0 spiro atoms. The number of carbonyl (C=O) groups excluding carboxylic acids is 2. The van der Waals surface area contributed by atoms with Crippen molar-refractivity contribution in [1.29, 1.82) is 0 Å². The minimum atomic E-state index is -0.177. The summed E-state index contributed by atoms with van der Waals surface area (Å²) in [6.45, 7) is 5.80. The van der Waals surface area contributed by atoms with E-state index in [1.165, 1.54) is 4.90 Å². The summed E-state index contributed by atoms with van der Waals surface area (Å²) in [5.74, 6) is 0.257. The lowest BCUT2D eigenvalue weighted by molar-refractivity contribution is -0.892. The predicted octanol–water partition coefficient (Wildman–Crippen LogP) is 0.861. The number of quaternary nitrogens is 1. The Morgan fingerprint density at radius 1 is 1.14 bits per heavy atom. The van der Waals surface area contributed by atoms with Crippen LogP contribution >= 0.6 is 0 Å². The molecular formula is C22H27N4O3+. The first-order chi connectivity index (χ1) is 14.0. The number of fused-ring (bicyclic) bond motifs is 1. The van der Waals surface area contributed by atoms with Crippen LogP contribution in [0.1, 0.15) is 13.3 Å². The van der Waals surface area contributed by atoms with Crippen LogP contribution in [0, 0.1) is 0 Å². The largest absolute Gasteiger partial charge is 0.508 e. The number of anilines is 3. The Kier molecular flexibility index (Phi) is 5.40. The van der Waals surface area contributed by atoms with Crippen molar-refractivity contribution in [2.45, 2.75) is 19.4 Å². The monoisotopic (exact) mass is 395 g/mol. The van der Waals surface area contributed by atoms with Crippen molar-refractivity contribution in [1.82, 2.24) is 0 Å². The molecule has 1 atom stereocenters. The van der Waals surface area contributed by atoms with Gasteiger partial charge in [0, 0.05) is 18.2 Å². The molecule has 2 aromatic carbocycles. The fourth-order valence-corrected chi connectivity index (χ4v) is 4.19. The Hall–Kier alpha value is -3.06. The molecule has 29 heavy (non-hydrogen) atoms. The summed E-state index contributed by atoms with van der Waals surface area (Å²) in [6, 6.07) is 14.6. The second-order valence-electron chi connectivity index (χ2n) is 7.81. The van der Waals surface area contributed by atoms with Crippen LogP contribution in [-0.4, -0.2) is 55.7 Å². The minimum absolute atomic E-state index is 0.0505. The van der Waals surface area contributed by atoms with Gasteiger partial charge >= 0.3 is 0 Å². The number of carbonyl (C=O) groups is 2. The molecule has 2 amide bonds. The molecule has 0 unspecified atom stereocenters. The van der Waals surface area contributed by atoms with E-state index in [4.69, 9.17) is 0 Å². The molecular weight excluding hydrogens is 368 g/mol. The van der Waals surface area contributed by atoms with Gasteiger partial charge in [-0.05, 0) is 43.3 Å². The molecule has 7 nitrogen and oxygen atoms in total. The number of para-hydroxylation sites is 2. The summed E-state index contributed by atoms with van der Waals surface area (Å²) in [5, 5.41) is 12.4. The van der Waals surface area contributed by atoms with Crippen molar-refractivity contribution in [2.24, 2.45) is 0 Å². The zero-order chi connectivity index (χ0) is 20.4. The van der Waals surface area contributed by atoms with Crippen LogP contribution in [0.5, 0.6) is 5.75 Å². The molecule has 7 heteroatoms. The average Bonchev–Trinajstić information content (AvgIpc) is 2.83. The van der Waals surface area contributed by atoms with Crippen molar-refractivity contribution in [2.75, 3.05) is 47.8 Å². The van der Waals surface area contributed by atoms with E-state index in [2.05, 4.69) is 10.2 Å². The lowest BCUT2D eigenvalue weighted by atomic mass is 10.1. The molecule has 1 saturated heterocycles. The first-order valence-electron chi connectivity index (χ1n) is 10.1. The van der Waals surface area contributed by atoms with Gasteiger partial charge in [-0.3, -0.25) is 9.59 Å². The Labute approximate surface area is 170 Å². The molecule has 2 aromatic rings. The highest BCUT2D eigenvalue weighted by atomic mass is 16.3. The zero-order valence-corrected chi connectivity index (χ0v) is 16.6. The fraction of sp³-hybridized carbons (Fsp3) is 0.364. The molecule has 4 rings (SSSR count). The molecule has 0 aliphatic carbocycles. The molecule has 2 heterocycles. The van der Waals surface area contributed by atoms with E-state index < -0.39 is 0 Å². The van der Waals surface area contributed by atoms with Gasteiger partial charge < -0.3 is 25.1 Å². The molecule has 2 aliphatic heterocycles. The molecule has 2 aliphatic rings. The fourth-order valence-electron chi connectivity index (χ4n) is 4.19. The van der Waals surface area contributed by atoms with Crippen LogP contribution in [0.2, 0.25) is 0 Å². The lowest BCUT2D eigenvalue weighted by Crippen LogP contribution is -3.16. The van der Waals surface area contributed by atoms with E-state index in [9.17, 15) is 14.7 Å². The van der Waals surface area contributed by atoms with Crippen molar-refractivity contribution in [3.8, 4) is 5.75 Å². The molecule has 0 radical (unpaired) electrons. The lowest BCUT2D eigenvalue weighted by Gasteiger charge is -2.35. The number of benzene rings is 2. The summed E-state index contributed by atoms with van der Waals surface area (Å²) >= 11 is 0. The Morgan fingerprint density at radius 3 is 2.55 bits per heavy atom. The third kappa shape index (κ3) is 4.19. The number of rotatable bonds is 3. The van der Waals surface area contributed by atoms with E-state index in [0.717, 1.165) is 37.6 Å². The smallest absolute Gasteiger partial charge is 0.282 e. The summed E-state index contributed by atoms with van der Waals surface area (Å²) in [5.41, 5.74) is 2.56. The maximum absolute atomic E-state index is 13.2. The maximum atomic E-state index is 13.2. The number of piperazine rings is 1. The number of phenols is 1. The second-order valence-corrected chi connectivity index (χ2v) is 7.81. The van der Waals surface area contributed by atoms with Crippen LogP contribution in [0.4, 0.5) is 17.1 Å². The molecule has 0 aromatic heterocycles. The number of hydrogen-bond donors (Lipinski definition) is 3. The zero-order valence-electron chi connectivity index (χ0n) is 16.6. The van der Waals surface area contributed by atoms with E-state index in [1.807, 2.05) is 43.3 Å². The number of nitrogens with zero attached hydrogens (tertiary/aromatic N) is 2. The van der Waals surface area contributed by atoms with Gasteiger partial charge in [-0.25, -0.2) is 0 Å². The molecule has 0 saturated carbocycles. The van der Waals surface area contributed by atoms with E-state index in [0.29, 0.717) is 18.7 Å². The average molecular weight is 395 g/mol. The van der Waals surface area contributed by atoms with Gasteiger partial charge in [-0.1, -0.05) is 12.1 Å². The minimum Gasteiger partial charge on any atom is -0.508 e. The third-order valence-electron chi connectivity index (χ3n) is 5.71. The Bertz CT molecular complexity index is 891. The number of phenolic OH excluding ortho intramolecular Hbond substituents is 1. The summed E-state index contributed by atoms with van der Waals surface area (Å²) in [6.07, 6.45) is 0.296. The van der Waals surface area contributed by atoms with Crippen molar-refractivity contribution >= 4 is 28.9 Å². The highest BCUT2D eigenvalue weighted by Crippen LogP contribution is 2.31. The van der Waals surface area contributed by atoms with Gasteiger partial charge in [0.05, 0.1) is 37.6 Å². The van der Waals surface area contributed by atoms with Crippen LogP contribution in [0.25, 0.3) is 0 Å². The van der Waals surface area contributed by atoms with Crippen molar-refractivity contribution < 1.29 is 19.6 Å². The van der Waals surface area contributed by atoms with Crippen LogP contribution in [0.15, 0.2) is 48.5 Å².